The second kappa shape index (κ2) is 10.2. The zero-order valence-corrected chi connectivity index (χ0v) is 20.1. The molecule has 0 bridgehead atoms. The molecule has 5 nitrogen and oxygen atoms in total. The van der Waals surface area contributed by atoms with E-state index in [1.807, 2.05) is 36.4 Å². The van der Waals surface area contributed by atoms with Gasteiger partial charge in [-0.05, 0) is 15.4 Å². The molecule has 0 saturated carbocycles. The normalized spacial score (nSPS) is 23.3. The summed E-state index contributed by atoms with van der Waals surface area (Å²) in [6, 6.07) is 20.6. The van der Waals surface area contributed by atoms with Gasteiger partial charge >= 0.3 is 0 Å². The number of hydrogen-bond acceptors (Lipinski definition) is 5. The maximum Gasteiger partial charge on any atom is 0.262 e. The molecule has 0 unspecified atom stereocenters. The molecule has 3 rings (SSSR count). The van der Waals surface area contributed by atoms with Crippen molar-refractivity contribution in [2.75, 3.05) is 14.2 Å². The number of hydrogen-bond donors (Lipinski definition) is 0. The lowest BCUT2D eigenvalue weighted by atomic mass is 10.0. The molecule has 2 aromatic rings. The van der Waals surface area contributed by atoms with Crippen LogP contribution in [0.3, 0.4) is 0 Å². The largest absolute Gasteiger partial charge is 0.395 e. The fraction of sp³-hybridized carbons (Fsp3) is 0.480. The van der Waals surface area contributed by atoms with E-state index in [9.17, 15) is 4.79 Å². The summed E-state index contributed by atoms with van der Waals surface area (Å²) < 4.78 is 24.1. The zero-order valence-electron chi connectivity index (χ0n) is 19.1. The highest BCUT2D eigenvalue weighted by atomic mass is 28.4. The SMILES string of the molecule is CO[C@H]1C[C@H](OC)O[C@@H]([C@@H](C=O)O[Si](c2ccccc2)(c2ccccc2)C(C)(C)C)C1. The molecular formula is C25H34O5Si. The van der Waals surface area contributed by atoms with E-state index in [2.05, 4.69) is 45.0 Å². The van der Waals surface area contributed by atoms with Gasteiger partial charge in [0.15, 0.2) is 6.29 Å². The predicted molar refractivity (Wildman–Crippen MR) is 124 cm³/mol. The van der Waals surface area contributed by atoms with Crippen LogP contribution >= 0.6 is 0 Å². The van der Waals surface area contributed by atoms with Gasteiger partial charge in [-0.3, -0.25) is 0 Å². The van der Waals surface area contributed by atoms with Crippen molar-refractivity contribution in [1.82, 2.24) is 0 Å². The van der Waals surface area contributed by atoms with Crippen molar-refractivity contribution in [2.45, 2.75) is 63.3 Å². The van der Waals surface area contributed by atoms with Crippen molar-refractivity contribution in [1.29, 1.82) is 0 Å². The molecule has 0 radical (unpaired) electrons. The molecule has 4 atom stereocenters. The number of methoxy groups -OCH3 is 2. The molecular weight excluding hydrogens is 408 g/mol. The lowest BCUT2D eigenvalue weighted by Crippen LogP contribution is -2.69. The number of ether oxygens (including phenoxy) is 3. The van der Waals surface area contributed by atoms with E-state index < -0.39 is 26.8 Å². The molecule has 2 aromatic carbocycles. The second-order valence-electron chi connectivity index (χ2n) is 9.05. The fourth-order valence-corrected chi connectivity index (χ4v) is 9.15. The van der Waals surface area contributed by atoms with Crippen LogP contribution in [0.2, 0.25) is 5.04 Å². The third kappa shape index (κ3) is 4.99. The molecule has 0 aliphatic carbocycles. The second-order valence-corrected chi connectivity index (χ2v) is 13.3. The molecule has 31 heavy (non-hydrogen) atoms. The van der Waals surface area contributed by atoms with Crippen molar-refractivity contribution in [2.24, 2.45) is 0 Å². The van der Waals surface area contributed by atoms with E-state index in [-0.39, 0.29) is 11.1 Å². The Kier molecular flexibility index (Phi) is 7.83. The Hall–Kier alpha value is -1.83. The van der Waals surface area contributed by atoms with Gasteiger partial charge in [0.2, 0.25) is 0 Å². The molecule has 6 heteroatoms. The van der Waals surface area contributed by atoms with Crippen molar-refractivity contribution in [3.63, 3.8) is 0 Å². The first-order valence-corrected chi connectivity index (χ1v) is 12.7. The Labute approximate surface area is 186 Å². The van der Waals surface area contributed by atoms with E-state index in [1.165, 1.54) is 0 Å². The van der Waals surface area contributed by atoms with E-state index >= 15 is 0 Å². The minimum Gasteiger partial charge on any atom is -0.395 e. The van der Waals surface area contributed by atoms with Crippen LogP contribution in [-0.4, -0.2) is 53.4 Å². The van der Waals surface area contributed by atoms with Crippen LogP contribution in [0.25, 0.3) is 0 Å². The Morgan fingerprint density at radius 1 is 0.935 bits per heavy atom. The molecule has 1 saturated heterocycles. The molecule has 1 fully saturated rings. The predicted octanol–water partition coefficient (Wildman–Crippen LogP) is 3.30. The van der Waals surface area contributed by atoms with Gasteiger partial charge in [0, 0.05) is 27.1 Å². The van der Waals surface area contributed by atoms with Crippen LogP contribution in [0.5, 0.6) is 0 Å². The summed E-state index contributed by atoms with van der Waals surface area (Å²) in [7, 11) is 0.414. The van der Waals surface area contributed by atoms with E-state index in [0.29, 0.717) is 12.8 Å². The molecule has 0 amide bonds. The molecule has 1 heterocycles. The summed E-state index contributed by atoms with van der Waals surface area (Å²) in [6.07, 6.45) is 0.452. The molecule has 1 aliphatic rings. The molecule has 168 valence electrons. The zero-order chi connectivity index (χ0) is 22.5. The average Bonchev–Trinajstić information content (AvgIpc) is 2.80. The standard InChI is InChI=1S/C25H34O5Si/c1-25(2,3)31(20-12-8-6-9-13-20,21-14-10-7-11-15-21)30-23(18-26)22-16-19(27-4)17-24(28-5)29-22/h6-15,18-19,22-24H,16-17H2,1-5H3/t19-,22-,23-,24-/m1/s1. The topological polar surface area (TPSA) is 54.0 Å². The highest BCUT2D eigenvalue weighted by Crippen LogP contribution is 2.38. The van der Waals surface area contributed by atoms with Crippen LogP contribution in [0.1, 0.15) is 33.6 Å². The maximum absolute atomic E-state index is 12.4. The summed E-state index contributed by atoms with van der Waals surface area (Å²) in [5.74, 6) is 0. The summed E-state index contributed by atoms with van der Waals surface area (Å²) in [4.78, 5) is 12.4. The van der Waals surface area contributed by atoms with Gasteiger partial charge < -0.3 is 23.4 Å². The maximum atomic E-state index is 12.4. The highest BCUT2D eigenvalue weighted by molar-refractivity contribution is 6.99. The monoisotopic (exact) mass is 442 g/mol. The molecule has 0 spiro atoms. The van der Waals surface area contributed by atoms with Crippen molar-refractivity contribution in [3.8, 4) is 0 Å². The van der Waals surface area contributed by atoms with Gasteiger partial charge in [0.25, 0.3) is 8.32 Å². The number of rotatable bonds is 8. The fourth-order valence-electron chi connectivity index (χ4n) is 4.52. The smallest absolute Gasteiger partial charge is 0.262 e. The third-order valence-corrected chi connectivity index (χ3v) is 11.1. The number of benzene rings is 2. The minimum absolute atomic E-state index is 0.0473. The number of aldehydes is 1. The summed E-state index contributed by atoms with van der Waals surface area (Å²) in [5, 5.41) is 2.03. The van der Waals surface area contributed by atoms with Crippen molar-refractivity contribution in [3.05, 3.63) is 60.7 Å². The van der Waals surface area contributed by atoms with Gasteiger partial charge in [-0.1, -0.05) is 81.4 Å². The average molecular weight is 443 g/mol. The first-order valence-electron chi connectivity index (χ1n) is 10.8. The van der Waals surface area contributed by atoms with Crippen LogP contribution < -0.4 is 10.4 Å². The van der Waals surface area contributed by atoms with Crippen LogP contribution in [0.15, 0.2) is 60.7 Å². The highest BCUT2D eigenvalue weighted by Gasteiger charge is 2.53. The van der Waals surface area contributed by atoms with E-state index in [0.717, 1.165) is 16.7 Å². The Balaban J connectivity index is 2.08. The van der Waals surface area contributed by atoms with Crippen LogP contribution in [-0.2, 0) is 23.4 Å². The lowest BCUT2D eigenvalue weighted by molar-refractivity contribution is -0.222. The van der Waals surface area contributed by atoms with Crippen LogP contribution in [0.4, 0.5) is 0 Å². The van der Waals surface area contributed by atoms with Gasteiger partial charge in [-0.2, -0.15) is 0 Å². The number of carbonyl (C=O) groups is 1. The Morgan fingerprint density at radius 2 is 1.48 bits per heavy atom. The third-order valence-electron chi connectivity index (χ3n) is 6.10. The van der Waals surface area contributed by atoms with Gasteiger partial charge in [0.05, 0.1) is 12.2 Å². The quantitative estimate of drug-likeness (QED) is 0.464. The molecule has 1 aliphatic heterocycles. The first kappa shape index (κ1) is 23.8. The van der Waals surface area contributed by atoms with E-state index in [1.54, 1.807) is 14.2 Å². The Bertz CT molecular complexity index is 769. The van der Waals surface area contributed by atoms with Gasteiger partial charge in [-0.25, -0.2) is 0 Å². The Morgan fingerprint density at radius 3 is 1.90 bits per heavy atom. The van der Waals surface area contributed by atoms with E-state index in [4.69, 9.17) is 18.6 Å². The lowest BCUT2D eigenvalue weighted by Gasteiger charge is -2.46. The summed E-state index contributed by atoms with van der Waals surface area (Å²) >= 11 is 0. The number of carbonyl (C=O) groups excluding carboxylic acids is 1. The summed E-state index contributed by atoms with van der Waals surface area (Å²) in [6.45, 7) is 6.58. The van der Waals surface area contributed by atoms with Crippen molar-refractivity contribution < 1.29 is 23.4 Å². The molecule has 0 aromatic heterocycles. The van der Waals surface area contributed by atoms with Crippen LogP contribution in [0, 0.1) is 0 Å². The van der Waals surface area contributed by atoms with Gasteiger partial charge in [-0.15, -0.1) is 0 Å². The van der Waals surface area contributed by atoms with Crippen molar-refractivity contribution >= 4 is 25.0 Å². The minimum atomic E-state index is -2.87. The molecule has 0 N–H and O–H groups in total. The first-order chi connectivity index (χ1) is 14.9. The van der Waals surface area contributed by atoms with Gasteiger partial charge in [0.1, 0.15) is 12.4 Å². The summed E-state index contributed by atoms with van der Waals surface area (Å²) in [5.41, 5.74) is 0.